The Balaban J connectivity index is 0.0000102. The van der Waals surface area contributed by atoms with Gasteiger partial charge in [-0.2, -0.15) is 0 Å². The van der Waals surface area contributed by atoms with Gasteiger partial charge in [-0.15, -0.1) is 12.4 Å². The number of nitrogens with zero attached hydrogens (tertiary/aromatic N) is 1. The first-order valence-corrected chi connectivity index (χ1v) is 14.2. The summed E-state index contributed by atoms with van der Waals surface area (Å²) in [6.07, 6.45) is 24.3. The van der Waals surface area contributed by atoms with Gasteiger partial charge in [0.25, 0.3) is 0 Å². The Hall–Kier alpha value is -0.570. The molecule has 0 saturated carbocycles. The van der Waals surface area contributed by atoms with E-state index in [0.717, 1.165) is 13.1 Å². The van der Waals surface area contributed by atoms with Crippen LogP contribution in [-0.2, 0) is 6.54 Å². The molecule has 2 nitrogen and oxygen atoms in total. The topological polar surface area (TPSA) is 15.3 Å². The summed E-state index contributed by atoms with van der Waals surface area (Å²) in [6, 6.07) is 11.4. The van der Waals surface area contributed by atoms with E-state index < -0.39 is 0 Å². The van der Waals surface area contributed by atoms with Gasteiger partial charge in [0.15, 0.2) is 0 Å². The molecular formula is C30H57ClN2. The fourth-order valence-corrected chi connectivity index (χ4v) is 4.48. The fraction of sp³-hybridized carbons (Fsp3) is 0.800. The van der Waals surface area contributed by atoms with Gasteiger partial charge in [-0.1, -0.05) is 134 Å². The Morgan fingerprint density at radius 2 is 1.12 bits per heavy atom. The zero-order valence-corrected chi connectivity index (χ0v) is 23.3. The summed E-state index contributed by atoms with van der Waals surface area (Å²) in [5, 5.41) is 3.66. The van der Waals surface area contributed by atoms with Crippen LogP contribution in [0.2, 0.25) is 0 Å². The van der Waals surface area contributed by atoms with Crippen LogP contribution in [0.3, 0.4) is 0 Å². The van der Waals surface area contributed by atoms with E-state index in [0.29, 0.717) is 6.04 Å². The van der Waals surface area contributed by atoms with E-state index in [4.69, 9.17) is 0 Å². The average Bonchev–Trinajstić information content (AvgIpc) is 2.81. The van der Waals surface area contributed by atoms with E-state index in [9.17, 15) is 0 Å². The van der Waals surface area contributed by atoms with Gasteiger partial charge in [0.1, 0.15) is 0 Å². The number of unbranched alkanes of at least 4 members (excludes halogenated alkanes) is 15. The highest BCUT2D eigenvalue weighted by Crippen LogP contribution is 2.13. The molecule has 194 valence electrons. The molecule has 0 aromatic heterocycles. The molecule has 0 amide bonds. The Labute approximate surface area is 214 Å². The van der Waals surface area contributed by atoms with Gasteiger partial charge in [0.2, 0.25) is 0 Å². The molecule has 1 aromatic carbocycles. The van der Waals surface area contributed by atoms with Gasteiger partial charge in [-0.05, 0) is 45.5 Å². The highest BCUT2D eigenvalue weighted by Gasteiger charge is 2.08. The van der Waals surface area contributed by atoms with Crippen LogP contribution in [0.25, 0.3) is 0 Å². The van der Waals surface area contributed by atoms with Crippen molar-refractivity contribution in [3.63, 3.8) is 0 Å². The molecule has 0 aliphatic carbocycles. The zero-order valence-electron chi connectivity index (χ0n) is 22.5. The zero-order chi connectivity index (χ0) is 23.1. The van der Waals surface area contributed by atoms with E-state index in [1.165, 1.54) is 121 Å². The second-order valence-electron chi connectivity index (χ2n) is 10.1. The van der Waals surface area contributed by atoms with Gasteiger partial charge in [0, 0.05) is 12.6 Å². The third-order valence-electron chi connectivity index (χ3n) is 6.97. The lowest BCUT2D eigenvalue weighted by molar-refractivity contribution is 0.236. The maximum absolute atomic E-state index is 3.66. The van der Waals surface area contributed by atoms with Gasteiger partial charge in [0.05, 0.1) is 0 Å². The quantitative estimate of drug-likeness (QED) is 0.157. The maximum Gasteiger partial charge on any atom is 0.0233 e. The monoisotopic (exact) mass is 480 g/mol. The number of nitrogens with one attached hydrogen (secondary N) is 1. The van der Waals surface area contributed by atoms with Crippen LogP contribution in [0.1, 0.15) is 129 Å². The van der Waals surface area contributed by atoms with Crippen LogP contribution < -0.4 is 5.32 Å². The van der Waals surface area contributed by atoms with Crippen molar-refractivity contribution in [1.82, 2.24) is 10.2 Å². The SMILES string of the molecule is CCCCCCCCCCCCCCCCCCNCCC(C)N(C)Cc1ccccc1.Cl. The number of benzene rings is 1. The smallest absolute Gasteiger partial charge is 0.0233 e. The van der Waals surface area contributed by atoms with Crippen LogP contribution in [0.5, 0.6) is 0 Å². The predicted molar refractivity (Wildman–Crippen MR) is 152 cm³/mol. The lowest BCUT2D eigenvalue weighted by atomic mass is 10.0. The summed E-state index contributed by atoms with van der Waals surface area (Å²) in [4.78, 5) is 2.46. The molecule has 1 rings (SSSR count). The third-order valence-corrected chi connectivity index (χ3v) is 6.97. The number of halogens is 1. The van der Waals surface area contributed by atoms with Gasteiger partial charge < -0.3 is 5.32 Å². The van der Waals surface area contributed by atoms with Crippen molar-refractivity contribution in [2.45, 2.75) is 136 Å². The second kappa shape index (κ2) is 24.6. The molecule has 0 aliphatic rings. The Bertz CT molecular complexity index is 493. The van der Waals surface area contributed by atoms with Crippen LogP contribution in [-0.4, -0.2) is 31.1 Å². The summed E-state index contributed by atoms with van der Waals surface area (Å²) in [7, 11) is 2.24. The van der Waals surface area contributed by atoms with Crippen LogP contribution in [0, 0.1) is 0 Å². The standard InChI is InChI=1S/C30H56N2.ClH/c1-4-5-6-7-8-9-10-11-12-13-14-15-16-17-18-22-26-31-27-25-29(2)32(3)28-30-23-20-19-21-24-30;/h19-21,23-24,29,31H,4-18,22,25-28H2,1-3H3;1H. The van der Waals surface area contributed by atoms with Crippen molar-refractivity contribution in [3.05, 3.63) is 35.9 Å². The largest absolute Gasteiger partial charge is 0.317 e. The van der Waals surface area contributed by atoms with Gasteiger partial charge >= 0.3 is 0 Å². The summed E-state index contributed by atoms with van der Waals surface area (Å²) in [5.74, 6) is 0. The van der Waals surface area contributed by atoms with E-state index in [2.05, 4.69) is 61.4 Å². The first kappa shape index (κ1) is 32.4. The molecule has 0 heterocycles. The maximum atomic E-state index is 3.66. The van der Waals surface area contributed by atoms with Gasteiger partial charge in [-0.3, -0.25) is 4.90 Å². The van der Waals surface area contributed by atoms with Crippen molar-refractivity contribution < 1.29 is 0 Å². The number of hydrogen-bond donors (Lipinski definition) is 1. The van der Waals surface area contributed by atoms with Crippen molar-refractivity contribution in [1.29, 1.82) is 0 Å². The Morgan fingerprint density at radius 3 is 1.61 bits per heavy atom. The predicted octanol–water partition coefficient (Wildman–Crippen LogP) is 9.17. The molecule has 1 atom stereocenters. The van der Waals surface area contributed by atoms with Crippen LogP contribution >= 0.6 is 12.4 Å². The van der Waals surface area contributed by atoms with Crippen molar-refractivity contribution in [2.75, 3.05) is 20.1 Å². The molecule has 33 heavy (non-hydrogen) atoms. The van der Waals surface area contributed by atoms with Crippen molar-refractivity contribution >= 4 is 12.4 Å². The minimum Gasteiger partial charge on any atom is -0.317 e. The highest BCUT2D eigenvalue weighted by atomic mass is 35.5. The lowest BCUT2D eigenvalue weighted by Gasteiger charge is -2.25. The molecule has 1 unspecified atom stereocenters. The first-order valence-electron chi connectivity index (χ1n) is 14.2. The Morgan fingerprint density at radius 1 is 0.667 bits per heavy atom. The van der Waals surface area contributed by atoms with E-state index in [-0.39, 0.29) is 12.4 Å². The molecule has 0 bridgehead atoms. The summed E-state index contributed by atoms with van der Waals surface area (Å²) in [5.41, 5.74) is 1.41. The van der Waals surface area contributed by atoms with Crippen LogP contribution in [0.15, 0.2) is 30.3 Å². The molecule has 0 aliphatic heterocycles. The molecular weight excluding hydrogens is 424 g/mol. The second-order valence-corrected chi connectivity index (χ2v) is 10.1. The minimum absolute atomic E-state index is 0. The van der Waals surface area contributed by atoms with Crippen LogP contribution in [0.4, 0.5) is 0 Å². The highest BCUT2D eigenvalue weighted by molar-refractivity contribution is 5.85. The minimum atomic E-state index is 0. The summed E-state index contributed by atoms with van der Waals surface area (Å²) in [6.45, 7) is 8.01. The normalized spacial score (nSPS) is 12.1. The van der Waals surface area contributed by atoms with E-state index >= 15 is 0 Å². The molecule has 0 radical (unpaired) electrons. The first-order chi connectivity index (χ1) is 15.7. The Kier molecular flexibility index (Phi) is 24.1. The lowest BCUT2D eigenvalue weighted by Crippen LogP contribution is -2.32. The molecule has 0 saturated heterocycles. The summed E-state index contributed by atoms with van der Waals surface area (Å²) < 4.78 is 0. The average molecular weight is 481 g/mol. The molecule has 1 aromatic rings. The molecule has 3 heteroatoms. The molecule has 0 spiro atoms. The van der Waals surface area contributed by atoms with Gasteiger partial charge in [-0.25, -0.2) is 0 Å². The molecule has 1 N–H and O–H groups in total. The number of rotatable bonds is 23. The van der Waals surface area contributed by atoms with E-state index in [1.807, 2.05) is 0 Å². The molecule has 0 fully saturated rings. The third kappa shape index (κ3) is 20.5. The van der Waals surface area contributed by atoms with Crippen molar-refractivity contribution in [2.24, 2.45) is 0 Å². The van der Waals surface area contributed by atoms with E-state index in [1.54, 1.807) is 0 Å². The number of hydrogen-bond acceptors (Lipinski definition) is 2. The fourth-order valence-electron chi connectivity index (χ4n) is 4.48. The summed E-state index contributed by atoms with van der Waals surface area (Å²) >= 11 is 0. The van der Waals surface area contributed by atoms with Crippen molar-refractivity contribution in [3.8, 4) is 0 Å².